The van der Waals surface area contributed by atoms with Crippen molar-refractivity contribution in [2.45, 2.75) is 19.4 Å². The van der Waals surface area contributed by atoms with Gasteiger partial charge in [-0.2, -0.15) is 0 Å². The number of aromatic nitrogens is 1. The lowest BCUT2D eigenvalue weighted by Crippen LogP contribution is -2.34. The fraction of sp³-hybridized carbons (Fsp3) is 0.417. The topological polar surface area (TPSA) is 59.5 Å². The van der Waals surface area contributed by atoms with E-state index in [9.17, 15) is 9.59 Å². The third-order valence-electron chi connectivity index (χ3n) is 2.79. The molecule has 0 unspecified atom stereocenters. The van der Waals surface area contributed by atoms with Crippen molar-refractivity contribution in [1.82, 2.24) is 9.88 Å². The van der Waals surface area contributed by atoms with Crippen molar-refractivity contribution < 1.29 is 14.3 Å². The molecule has 0 saturated carbocycles. The predicted octanol–water partition coefficient (Wildman–Crippen LogP) is 1.16. The van der Waals surface area contributed by atoms with E-state index >= 15 is 0 Å². The number of methoxy groups -OCH3 is 1. The van der Waals surface area contributed by atoms with Crippen LogP contribution in [-0.2, 0) is 9.53 Å². The van der Waals surface area contributed by atoms with Crippen LogP contribution in [0.15, 0.2) is 18.3 Å². The highest BCUT2D eigenvalue weighted by Crippen LogP contribution is 2.32. The van der Waals surface area contributed by atoms with Crippen LogP contribution in [0.5, 0.6) is 0 Å². The second-order valence-corrected chi connectivity index (χ2v) is 3.86. The molecule has 5 nitrogen and oxygen atoms in total. The maximum absolute atomic E-state index is 12.1. The molecule has 1 aliphatic heterocycles. The van der Waals surface area contributed by atoms with Crippen LogP contribution in [0.4, 0.5) is 0 Å². The Labute approximate surface area is 99.4 Å². The Morgan fingerprint density at radius 2 is 2.35 bits per heavy atom. The van der Waals surface area contributed by atoms with Crippen LogP contribution >= 0.6 is 0 Å². The molecule has 0 aromatic carbocycles. The van der Waals surface area contributed by atoms with Gasteiger partial charge in [0.05, 0.1) is 18.4 Å². The molecular formula is C12H14N2O3. The number of carbonyl (C=O) groups excluding carboxylic acids is 2. The average Bonchev–Trinajstić information content (AvgIpc) is 2.63. The van der Waals surface area contributed by atoms with Gasteiger partial charge in [0.25, 0.3) is 5.91 Å². The summed E-state index contributed by atoms with van der Waals surface area (Å²) < 4.78 is 4.74. The SMILES string of the molecule is CCCN1C(=O)c2cccnc2[C@@H]1C(=O)OC. The molecule has 0 saturated heterocycles. The van der Waals surface area contributed by atoms with E-state index in [1.807, 2.05) is 6.92 Å². The molecule has 1 aromatic rings. The van der Waals surface area contributed by atoms with E-state index in [1.54, 1.807) is 18.3 Å². The first-order chi connectivity index (χ1) is 8.20. The highest BCUT2D eigenvalue weighted by molar-refractivity contribution is 6.03. The van der Waals surface area contributed by atoms with Gasteiger partial charge in [-0.3, -0.25) is 9.78 Å². The first-order valence-electron chi connectivity index (χ1n) is 5.54. The number of carbonyl (C=O) groups is 2. The van der Waals surface area contributed by atoms with E-state index in [2.05, 4.69) is 4.98 Å². The molecule has 0 radical (unpaired) electrons. The lowest BCUT2D eigenvalue weighted by Gasteiger charge is -2.21. The number of esters is 1. The summed E-state index contributed by atoms with van der Waals surface area (Å²) in [4.78, 5) is 29.5. The highest BCUT2D eigenvalue weighted by Gasteiger charge is 2.42. The van der Waals surface area contributed by atoms with E-state index < -0.39 is 12.0 Å². The summed E-state index contributed by atoms with van der Waals surface area (Å²) in [6, 6.07) is 2.69. The smallest absolute Gasteiger partial charge is 0.334 e. The molecule has 0 spiro atoms. The molecule has 2 rings (SSSR count). The fourth-order valence-electron chi connectivity index (χ4n) is 2.06. The molecule has 90 valence electrons. The zero-order chi connectivity index (χ0) is 12.4. The van der Waals surface area contributed by atoms with E-state index in [4.69, 9.17) is 4.74 Å². The Hall–Kier alpha value is -1.91. The molecule has 1 atom stereocenters. The maximum Gasteiger partial charge on any atom is 0.334 e. The van der Waals surface area contributed by atoms with Crippen LogP contribution in [0.25, 0.3) is 0 Å². The van der Waals surface area contributed by atoms with Gasteiger partial charge in [0.1, 0.15) is 0 Å². The van der Waals surface area contributed by atoms with Crippen LogP contribution in [0.2, 0.25) is 0 Å². The first kappa shape index (κ1) is 11.6. The van der Waals surface area contributed by atoms with Crippen molar-refractivity contribution in [2.75, 3.05) is 13.7 Å². The predicted molar refractivity (Wildman–Crippen MR) is 60.3 cm³/mol. The van der Waals surface area contributed by atoms with Gasteiger partial charge in [0.2, 0.25) is 0 Å². The summed E-state index contributed by atoms with van der Waals surface area (Å²) in [6.07, 6.45) is 2.37. The molecule has 0 fully saturated rings. The maximum atomic E-state index is 12.1. The minimum absolute atomic E-state index is 0.148. The molecule has 0 bridgehead atoms. The van der Waals surface area contributed by atoms with Crippen LogP contribution < -0.4 is 0 Å². The van der Waals surface area contributed by atoms with Gasteiger partial charge in [-0.15, -0.1) is 0 Å². The van der Waals surface area contributed by atoms with Crippen molar-refractivity contribution in [3.63, 3.8) is 0 Å². The van der Waals surface area contributed by atoms with Crippen molar-refractivity contribution in [2.24, 2.45) is 0 Å². The Morgan fingerprint density at radius 1 is 1.59 bits per heavy atom. The highest BCUT2D eigenvalue weighted by atomic mass is 16.5. The number of ether oxygens (including phenoxy) is 1. The van der Waals surface area contributed by atoms with E-state index in [0.29, 0.717) is 17.8 Å². The van der Waals surface area contributed by atoms with Crippen LogP contribution in [0.1, 0.15) is 35.4 Å². The van der Waals surface area contributed by atoms with Gasteiger partial charge >= 0.3 is 5.97 Å². The van der Waals surface area contributed by atoms with E-state index in [0.717, 1.165) is 6.42 Å². The Bertz CT molecular complexity index is 459. The monoisotopic (exact) mass is 234 g/mol. The zero-order valence-electron chi connectivity index (χ0n) is 9.84. The Morgan fingerprint density at radius 3 is 3.00 bits per heavy atom. The minimum atomic E-state index is -0.691. The molecule has 5 heteroatoms. The summed E-state index contributed by atoms with van der Waals surface area (Å²) >= 11 is 0. The molecule has 1 amide bonds. The summed E-state index contributed by atoms with van der Waals surface area (Å²) in [5.41, 5.74) is 0.995. The molecule has 17 heavy (non-hydrogen) atoms. The normalized spacial score (nSPS) is 18.1. The fourth-order valence-corrected chi connectivity index (χ4v) is 2.06. The van der Waals surface area contributed by atoms with Gasteiger partial charge in [-0.1, -0.05) is 6.92 Å². The standard InChI is InChI=1S/C12H14N2O3/c1-3-7-14-10(12(16)17-2)9-8(11(14)15)5-4-6-13-9/h4-6,10H,3,7H2,1-2H3/t10-/m1/s1. The summed E-state index contributed by atoms with van der Waals surface area (Å²) in [7, 11) is 1.32. The van der Waals surface area contributed by atoms with Gasteiger partial charge in [0, 0.05) is 12.7 Å². The number of nitrogens with zero attached hydrogens (tertiary/aromatic N) is 2. The first-order valence-corrected chi connectivity index (χ1v) is 5.54. The van der Waals surface area contributed by atoms with Crippen LogP contribution in [0, 0.1) is 0 Å². The molecule has 1 aliphatic rings. The van der Waals surface area contributed by atoms with Crippen molar-refractivity contribution in [1.29, 1.82) is 0 Å². The lowest BCUT2D eigenvalue weighted by molar-refractivity contribution is -0.146. The van der Waals surface area contributed by atoms with Gasteiger partial charge < -0.3 is 9.64 Å². The van der Waals surface area contributed by atoms with Gasteiger partial charge in [-0.05, 0) is 18.6 Å². The van der Waals surface area contributed by atoms with E-state index in [1.165, 1.54) is 12.0 Å². The van der Waals surface area contributed by atoms with Crippen molar-refractivity contribution >= 4 is 11.9 Å². The second-order valence-electron chi connectivity index (χ2n) is 3.86. The summed E-state index contributed by atoms with van der Waals surface area (Å²) in [5.74, 6) is -0.588. The summed E-state index contributed by atoms with van der Waals surface area (Å²) in [5, 5.41) is 0. The summed E-state index contributed by atoms with van der Waals surface area (Å²) in [6.45, 7) is 2.48. The van der Waals surface area contributed by atoms with Crippen LogP contribution in [-0.4, -0.2) is 35.4 Å². The quantitative estimate of drug-likeness (QED) is 0.736. The van der Waals surface area contributed by atoms with Gasteiger partial charge in [0.15, 0.2) is 6.04 Å². The molecule has 2 heterocycles. The number of hydrogen-bond donors (Lipinski definition) is 0. The molecule has 0 aliphatic carbocycles. The van der Waals surface area contributed by atoms with Gasteiger partial charge in [-0.25, -0.2) is 4.79 Å². The van der Waals surface area contributed by atoms with Crippen LogP contribution in [0.3, 0.4) is 0 Å². The average molecular weight is 234 g/mol. The third-order valence-corrected chi connectivity index (χ3v) is 2.79. The van der Waals surface area contributed by atoms with Crippen molar-refractivity contribution in [3.05, 3.63) is 29.6 Å². The van der Waals surface area contributed by atoms with E-state index in [-0.39, 0.29) is 5.91 Å². The molecule has 0 N–H and O–H groups in total. The lowest BCUT2D eigenvalue weighted by atomic mass is 10.1. The third kappa shape index (κ3) is 1.77. The minimum Gasteiger partial charge on any atom is -0.467 e. The molecular weight excluding hydrogens is 220 g/mol. The van der Waals surface area contributed by atoms with Crippen molar-refractivity contribution in [3.8, 4) is 0 Å². The number of amides is 1. The number of fused-ring (bicyclic) bond motifs is 1. The number of hydrogen-bond acceptors (Lipinski definition) is 4. The molecule has 1 aromatic heterocycles. The largest absolute Gasteiger partial charge is 0.467 e. The number of pyridine rings is 1. The Balaban J connectivity index is 2.45. The Kier molecular flexibility index (Phi) is 3.08. The number of rotatable bonds is 3. The second kappa shape index (κ2) is 4.53. The zero-order valence-corrected chi connectivity index (χ0v) is 9.84.